The normalized spacial score (nSPS) is 15.1. The Hall–Kier alpha value is -3.72. The number of urea groups is 1. The zero-order valence-electron chi connectivity index (χ0n) is 17.1. The van der Waals surface area contributed by atoms with Crippen LogP contribution < -0.4 is 29.2 Å². The van der Waals surface area contributed by atoms with Crippen molar-refractivity contribution in [2.75, 3.05) is 33.3 Å². The average Bonchev–Trinajstić information content (AvgIpc) is 2.76. The predicted octanol–water partition coefficient (Wildman–Crippen LogP) is 3.04. The number of ether oxygens (including phenoxy) is 4. The van der Waals surface area contributed by atoms with E-state index in [1.807, 2.05) is 0 Å². The second kappa shape index (κ2) is 8.97. The third-order valence-corrected chi connectivity index (χ3v) is 4.83. The van der Waals surface area contributed by atoms with Crippen LogP contribution in [0.25, 0.3) is 6.08 Å². The Labute approximate surface area is 183 Å². The van der Waals surface area contributed by atoms with Gasteiger partial charge in [0.2, 0.25) is 0 Å². The second-order valence-electron chi connectivity index (χ2n) is 6.22. The van der Waals surface area contributed by atoms with Crippen LogP contribution in [0.2, 0.25) is 5.02 Å². The summed E-state index contributed by atoms with van der Waals surface area (Å²) in [4.78, 5) is 39.0. The number of carbonyl (C=O) groups is 3. The Bertz CT molecular complexity index is 1100. The van der Waals surface area contributed by atoms with Gasteiger partial charge < -0.3 is 18.9 Å². The van der Waals surface area contributed by atoms with Crippen molar-refractivity contribution in [1.29, 1.82) is 0 Å². The molecule has 0 saturated carbocycles. The van der Waals surface area contributed by atoms with Gasteiger partial charge in [-0.15, -0.1) is 0 Å². The fourth-order valence-corrected chi connectivity index (χ4v) is 3.22. The molecule has 2 aromatic rings. The summed E-state index contributed by atoms with van der Waals surface area (Å²) in [7, 11) is 5.70. The number of rotatable bonds is 6. The molecule has 1 heterocycles. The van der Waals surface area contributed by atoms with Gasteiger partial charge in [-0.25, -0.2) is 9.69 Å². The van der Waals surface area contributed by atoms with Crippen molar-refractivity contribution in [3.8, 4) is 23.0 Å². The summed E-state index contributed by atoms with van der Waals surface area (Å²) in [5, 5.41) is 2.38. The SMILES string of the molecule is COc1ccc(/C=C2/C(=O)NC(=O)N(c3cc(OC)c(Cl)cc3OC)C2=O)c(OC)c1. The number of amides is 4. The average molecular weight is 447 g/mol. The summed E-state index contributed by atoms with van der Waals surface area (Å²) in [5.74, 6) is -0.421. The number of methoxy groups -OCH3 is 4. The van der Waals surface area contributed by atoms with E-state index < -0.39 is 17.8 Å². The van der Waals surface area contributed by atoms with Crippen LogP contribution in [0.1, 0.15) is 5.56 Å². The largest absolute Gasteiger partial charge is 0.497 e. The van der Waals surface area contributed by atoms with E-state index in [0.29, 0.717) is 17.1 Å². The molecular formula is C21H19ClN2O7. The summed E-state index contributed by atoms with van der Waals surface area (Å²) in [6, 6.07) is 6.72. The highest BCUT2D eigenvalue weighted by Gasteiger charge is 2.38. The quantitative estimate of drug-likeness (QED) is 0.537. The highest BCUT2D eigenvalue weighted by molar-refractivity contribution is 6.39. The molecule has 0 unspecified atom stereocenters. The zero-order valence-corrected chi connectivity index (χ0v) is 17.9. The van der Waals surface area contributed by atoms with E-state index in [9.17, 15) is 14.4 Å². The van der Waals surface area contributed by atoms with E-state index in [0.717, 1.165) is 4.90 Å². The first kappa shape index (κ1) is 22.0. The lowest BCUT2D eigenvalue weighted by Crippen LogP contribution is -2.54. The van der Waals surface area contributed by atoms with Gasteiger partial charge in [-0.3, -0.25) is 14.9 Å². The molecule has 1 aliphatic heterocycles. The summed E-state index contributed by atoms with van der Waals surface area (Å²) < 4.78 is 20.9. The minimum atomic E-state index is -0.934. The number of barbiturate groups is 1. The van der Waals surface area contributed by atoms with Crippen molar-refractivity contribution in [1.82, 2.24) is 5.32 Å². The molecule has 1 N–H and O–H groups in total. The molecule has 1 fully saturated rings. The number of nitrogens with one attached hydrogen (secondary N) is 1. The van der Waals surface area contributed by atoms with E-state index in [1.165, 1.54) is 46.6 Å². The maximum atomic E-state index is 13.2. The topological polar surface area (TPSA) is 103 Å². The lowest BCUT2D eigenvalue weighted by atomic mass is 10.1. The Morgan fingerprint density at radius 3 is 2.16 bits per heavy atom. The van der Waals surface area contributed by atoms with Gasteiger partial charge in [0.25, 0.3) is 11.8 Å². The summed E-state index contributed by atoms with van der Waals surface area (Å²) in [5.41, 5.74) is 0.224. The molecule has 1 aliphatic rings. The van der Waals surface area contributed by atoms with Crippen molar-refractivity contribution in [2.24, 2.45) is 0 Å². The monoisotopic (exact) mass is 446 g/mol. The van der Waals surface area contributed by atoms with E-state index >= 15 is 0 Å². The van der Waals surface area contributed by atoms with Crippen LogP contribution >= 0.6 is 11.6 Å². The fourth-order valence-electron chi connectivity index (χ4n) is 2.99. The number of hydrogen-bond acceptors (Lipinski definition) is 7. The van der Waals surface area contributed by atoms with Crippen molar-refractivity contribution < 1.29 is 33.3 Å². The van der Waals surface area contributed by atoms with Crippen LogP contribution in [-0.4, -0.2) is 46.3 Å². The van der Waals surface area contributed by atoms with Crippen LogP contribution in [0.15, 0.2) is 35.9 Å². The molecular weight excluding hydrogens is 428 g/mol. The minimum Gasteiger partial charge on any atom is -0.497 e. The van der Waals surface area contributed by atoms with Gasteiger partial charge in [-0.05, 0) is 18.2 Å². The Morgan fingerprint density at radius 1 is 0.871 bits per heavy atom. The minimum absolute atomic E-state index is 0.0614. The first-order chi connectivity index (χ1) is 14.8. The fraction of sp³-hybridized carbons (Fsp3) is 0.190. The first-order valence-electron chi connectivity index (χ1n) is 8.89. The highest BCUT2D eigenvalue weighted by Crippen LogP contribution is 2.39. The molecule has 9 nitrogen and oxygen atoms in total. The van der Waals surface area contributed by atoms with Gasteiger partial charge in [0.15, 0.2) is 0 Å². The molecule has 0 radical (unpaired) electrons. The van der Waals surface area contributed by atoms with E-state index in [1.54, 1.807) is 18.2 Å². The lowest BCUT2D eigenvalue weighted by Gasteiger charge is -2.28. The van der Waals surface area contributed by atoms with Crippen LogP contribution in [0.3, 0.4) is 0 Å². The van der Waals surface area contributed by atoms with Gasteiger partial charge >= 0.3 is 6.03 Å². The van der Waals surface area contributed by atoms with Crippen LogP contribution in [-0.2, 0) is 9.59 Å². The molecule has 0 atom stereocenters. The van der Waals surface area contributed by atoms with Gasteiger partial charge in [0.1, 0.15) is 28.6 Å². The molecule has 0 bridgehead atoms. The highest BCUT2D eigenvalue weighted by atomic mass is 35.5. The van der Waals surface area contributed by atoms with Gasteiger partial charge in [-0.1, -0.05) is 11.6 Å². The zero-order chi connectivity index (χ0) is 22.7. The number of nitrogens with zero attached hydrogens (tertiary/aromatic N) is 1. The molecule has 1 saturated heterocycles. The molecule has 0 aromatic heterocycles. The number of imide groups is 2. The summed E-state index contributed by atoms with van der Waals surface area (Å²) >= 11 is 6.11. The van der Waals surface area contributed by atoms with Crippen molar-refractivity contribution in [3.05, 3.63) is 46.5 Å². The predicted molar refractivity (Wildman–Crippen MR) is 113 cm³/mol. The Kier molecular flexibility index (Phi) is 6.36. The standard InChI is InChI=1S/C21H19ClN2O7/c1-28-12-6-5-11(16(8-12)29-2)7-13-19(25)23-21(27)24(20(13)26)15-10-17(30-3)14(22)9-18(15)31-4/h5-10H,1-4H3,(H,23,25,27)/b13-7-. The maximum absolute atomic E-state index is 13.2. The van der Waals surface area contributed by atoms with Crippen molar-refractivity contribution >= 4 is 41.2 Å². The second-order valence-corrected chi connectivity index (χ2v) is 6.63. The van der Waals surface area contributed by atoms with Crippen LogP contribution in [0.4, 0.5) is 10.5 Å². The van der Waals surface area contributed by atoms with Gasteiger partial charge in [0.05, 0.1) is 39.1 Å². The number of hydrogen-bond donors (Lipinski definition) is 1. The molecule has 10 heteroatoms. The Morgan fingerprint density at radius 2 is 1.55 bits per heavy atom. The van der Waals surface area contributed by atoms with Crippen LogP contribution in [0, 0.1) is 0 Å². The number of carbonyl (C=O) groups excluding carboxylic acids is 3. The number of anilines is 1. The first-order valence-corrected chi connectivity index (χ1v) is 9.27. The molecule has 3 rings (SSSR count). The van der Waals surface area contributed by atoms with Gasteiger partial charge in [0, 0.05) is 23.8 Å². The molecule has 0 spiro atoms. The molecule has 31 heavy (non-hydrogen) atoms. The maximum Gasteiger partial charge on any atom is 0.336 e. The number of halogens is 1. The molecule has 2 aromatic carbocycles. The molecule has 0 aliphatic carbocycles. The Balaban J connectivity index is 2.11. The van der Waals surface area contributed by atoms with Crippen molar-refractivity contribution in [3.63, 3.8) is 0 Å². The van der Waals surface area contributed by atoms with Gasteiger partial charge in [-0.2, -0.15) is 0 Å². The molecule has 162 valence electrons. The third-order valence-electron chi connectivity index (χ3n) is 4.54. The van der Waals surface area contributed by atoms with Crippen molar-refractivity contribution in [2.45, 2.75) is 0 Å². The summed E-state index contributed by atoms with van der Waals surface area (Å²) in [6.45, 7) is 0. The lowest BCUT2D eigenvalue weighted by molar-refractivity contribution is -0.122. The van der Waals surface area contributed by atoms with E-state index in [-0.39, 0.29) is 27.8 Å². The van der Waals surface area contributed by atoms with E-state index in [2.05, 4.69) is 5.32 Å². The number of benzene rings is 2. The van der Waals surface area contributed by atoms with E-state index in [4.69, 9.17) is 30.5 Å². The van der Waals surface area contributed by atoms with Crippen LogP contribution in [0.5, 0.6) is 23.0 Å². The molecule has 4 amide bonds. The smallest absolute Gasteiger partial charge is 0.336 e. The third kappa shape index (κ3) is 4.13. The summed E-state index contributed by atoms with van der Waals surface area (Å²) in [6.07, 6.45) is 1.33.